The lowest BCUT2D eigenvalue weighted by Crippen LogP contribution is -2.50. The number of hydrogen-bond acceptors (Lipinski definition) is 5. The van der Waals surface area contributed by atoms with E-state index in [1.807, 2.05) is 47.4 Å². The Labute approximate surface area is 181 Å². The molecule has 1 amide bonds. The van der Waals surface area contributed by atoms with Crippen LogP contribution < -0.4 is 4.74 Å². The van der Waals surface area contributed by atoms with Gasteiger partial charge < -0.3 is 14.4 Å². The third-order valence-corrected chi connectivity index (χ3v) is 5.47. The maximum absolute atomic E-state index is 12.6. The Morgan fingerprint density at radius 3 is 2.43 bits per heavy atom. The number of esters is 1. The number of nitrogens with zero attached hydrogens (tertiary/aromatic N) is 2. The monoisotopic (exact) mass is 428 g/mol. The molecule has 30 heavy (non-hydrogen) atoms. The van der Waals surface area contributed by atoms with E-state index in [1.54, 1.807) is 30.2 Å². The van der Waals surface area contributed by atoms with E-state index in [1.165, 1.54) is 7.11 Å². The van der Waals surface area contributed by atoms with Crippen LogP contribution in [0.25, 0.3) is 6.08 Å². The summed E-state index contributed by atoms with van der Waals surface area (Å²) in [6, 6.07) is 14.2. The van der Waals surface area contributed by atoms with Crippen molar-refractivity contribution >= 4 is 29.6 Å². The van der Waals surface area contributed by atoms with Crippen LogP contribution >= 0.6 is 11.6 Å². The summed E-state index contributed by atoms with van der Waals surface area (Å²) in [6.07, 6.45) is 3.34. The number of carbonyl (C=O) groups is 2. The summed E-state index contributed by atoms with van der Waals surface area (Å²) in [5.41, 5.74) is 1.61. The Balaban J connectivity index is 1.65. The molecule has 1 aliphatic heterocycles. The first-order valence-electron chi connectivity index (χ1n) is 9.71. The molecule has 2 aromatic carbocycles. The highest BCUT2D eigenvalue weighted by Crippen LogP contribution is 2.29. The van der Waals surface area contributed by atoms with Gasteiger partial charge in [-0.1, -0.05) is 41.9 Å². The highest BCUT2D eigenvalue weighted by atomic mass is 35.5. The van der Waals surface area contributed by atoms with Gasteiger partial charge in [-0.25, -0.2) is 4.79 Å². The third kappa shape index (κ3) is 5.20. The van der Waals surface area contributed by atoms with Crippen LogP contribution in [-0.2, 0) is 14.3 Å². The largest absolute Gasteiger partial charge is 0.497 e. The van der Waals surface area contributed by atoms with Crippen molar-refractivity contribution in [1.82, 2.24) is 9.80 Å². The topological polar surface area (TPSA) is 59.1 Å². The van der Waals surface area contributed by atoms with Crippen molar-refractivity contribution in [2.75, 3.05) is 40.4 Å². The number of piperazine rings is 1. The summed E-state index contributed by atoms with van der Waals surface area (Å²) in [4.78, 5) is 28.8. The molecule has 1 heterocycles. The zero-order valence-electron chi connectivity index (χ0n) is 17.1. The normalized spacial score (nSPS) is 15.8. The van der Waals surface area contributed by atoms with E-state index in [0.717, 1.165) is 11.3 Å². The van der Waals surface area contributed by atoms with E-state index in [-0.39, 0.29) is 11.9 Å². The summed E-state index contributed by atoms with van der Waals surface area (Å²) in [5.74, 6) is 0.317. The Morgan fingerprint density at radius 2 is 1.77 bits per heavy atom. The lowest BCUT2D eigenvalue weighted by atomic mass is 10.0. The molecule has 1 aliphatic rings. The van der Waals surface area contributed by atoms with Crippen molar-refractivity contribution in [2.45, 2.75) is 6.04 Å². The van der Waals surface area contributed by atoms with Gasteiger partial charge in [0, 0.05) is 37.3 Å². The van der Waals surface area contributed by atoms with Gasteiger partial charge in [-0.2, -0.15) is 0 Å². The standard InChI is InChI=1S/C23H25ClN2O4/c1-29-18-7-5-6-17(16-18)10-11-21(27)25-12-14-26(15-13-25)22(23(28)30-2)19-8-3-4-9-20(19)24/h3-11,16,22H,12-15H2,1-2H3/b11-10+. The lowest BCUT2D eigenvalue weighted by molar-refractivity contribution is -0.148. The molecule has 1 unspecified atom stereocenters. The quantitative estimate of drug-likeness (QED) is 0.521. The lowest BCUT2D eigenvalue weighted by Gasteiger charge is -2.38. The second-order valence-electron chi connectivity index (χ2n) is 6.92. The van der Waals surface area contributed by atoms with Crippen LogP contribution in [0.3, 0.4) is 0 Å². The van der Waals surface area contributed by atoms with E-state index in [0.29, 0.717) is 36.8 Å². The fourth-order valence-corrected chi connectivity index (χ4v) is 3.74. The molecule has 0 spiro atoms. The van der Waals surface area contributed by atoms with E-state index in [4.69, 9.17) is 21.1 Å². The number of halogens is 1. The van der Waals surface area contributed by atoms with E-state index < -0.39 is 6.04 Å². The second kappa shape index (κ2) is 10.3. The molecule has 0 radical (unpaired) electrons. The first kappa shape index (κ1) is 21.9. The van der Waals surface area contributed by atoms with Crippen molar-refractivity contribution in [3.63, 3.8) is 0 Å². The van der Waals surface area contributed by atoms with Crippen LogP contribution in [0.1, 0.15) is 17.2 Å². The molecule has 0 aliphatic carbocycles. The second-order valence-corrected chi connectivity index (χ2v) is 7.33. The summed E-state index contributed by atoms with van der Waals surface area (Å²) in [5, 5.41) is 0.521. The molecule has 0 aromatic heterocycles. The van der Waals surface area contributed by atoms with Gasteiger partial charge >= 0.3 is 5.97 Å². The average Bonchev–Trinajstić information content (AvgIpc) is 2.79. The van der Waals surface area contributed by atoms with E-state index >= 15 is 0 Å². The SMILES string of the molecule is COC(=O)C(c1ccccc1Cl)N1CCN(C(=O)/C=C/c2cccc(OC)c2)CC1. The van der Waals surface area contributed by atoms with E-state index in [2.05, 4.69) is 0 Å². The molecule has 158 valence electrons. The molecule has 3 rings (SSSR count). The van der Waals surface area contributed by atoms with Crippen LogP contribution in [0.15, 0.2) is 54.6 Å². The number of ether oxygens (including phenoxy) is 2. The fourth-order valence-electron chi connectivity index (χ4n) is 3.50. The summed E-state index contributed by atoms with van der Waals surface area (Å²) in [6.45, 7) is 2.12. The molecule has 7 heteroatoms. The predicted molar refractivity (Wildman–Crippen MR) is 116 cm³/mol. The fraction of sp³-hybridized carbons (Fsp3) is 0.304. The molecular formula is C23H25ClN2O4. The highest BCUT2D eigenvalue weighted by molar-refractivity contribution is 6.31. The van der Waals surface area contributed by atoms with E-state index in [9.17, 15) is 9.59 Å². The van der Waals surface area contributed by atoms with Crippen molar-refractivity contribution in [1.29, 1.82) is 0 Å². The van der Waals surface area contributed by atoms with Crippen LogP contribution in [-0.4, -0.2) is 62.1 Å². The van der Waals surface area contributed by atoms with Crippen LogP contribution in [0.4, 0.5) is 0 Å². The highest BCUT2D eigenvalue weighted by Gasteiger charge is 2.33. The Morgan fingerprint density at radius 1 is 1.03 bits per heavy atom. The molecule has 0 N–H and O–H groups in total. The van der Waals surface area contributed by atoms with Gasteiger partial charge in [-0.15, -0.1) is 0 Å². The maximum atomic E-state index is 12.6. The molecule has 1 saturated heterocycles. The van der Waals surface area contributed by atoms with Crippen molar-refractivity contribution in [2.24, 2.45) is 0 Å². The van der Waals surface area contributed by atoms with Gasteiger partial charge in [0.15, 0.2) is 0 Å². The van der Waals surface area contributed by atoms with Gasteiger partial charge in [0.05, 0.1) is 14.2 Å². The summed E-state index contributed by atoms with van der Waals surface area (Å²) >= 11 is 6.32. The van der Waals surface area contributed by atoms with Gasteiger partial charge in [-0.3, -0.25) is 9.69 Å². The van der Waals surface area contributed by atoms with Crippen LogP contribution in [0.5, 0.6) is 5.75 Å². The average molecular weight is 429 g/mol. The predicted octanol–water partition coefficient (Wildman–Crippen LogP) is 3.42. The Bertz CT molecular complexity index is 923. The van der Waals surface area contributed by atoms with Gasteiger partial charge in [0.2, 0.25) is 5.91 Å². The smallest absolute Gasteiger partial charge is 0.327 e. The molecule has 0 saturated carbocycles. The first-order valence-corrected chi connectivity index (χ1v) is 10.1. The minimum absolute atomic E-state index is 0.0650. The van der Waals surface area contributed by atoms with Gasteiger partial charge in [0.25, 0.3) is 0 Å². The number of amides is 1. The number of benzene rings is 2. The number of rotatable bonds is 6. The first-order chi connectivity index (χ1) is 14.5. The van der Waals surface area contributed by atoms with Gasteiger partial charge in [0.1, 0.15) is 11.8 Å². The number of carbonyl (C=O) groups excluding carboxylic acids is 2. The Kier molecular flexibility index (Phi) is 7.49. The molecule has 2 aromatic rings. The zero-order chi connectivity index (χ0) is 21.5. The molecule has 1 fully saturated rings. The summed E-state index contributed by atoms with van der Waals surface area (Å²) in [7, 11) is 2.98. The number of hydrogen-bond donors (Lipinski definition) is 0. The third-order valence-electron chi connectivity index (χ3n) is 5.13. The maximum Gasteiger partial charge on any atom is 0.327 e. The molecule has 0 bridgehead atoms. The molecule has 6 nitrogen and oxygen atoms in total. The minimum atomic E-state index is -0.590. The van der Waals surface area contributed by atoms with Crippen molar-refractivity contribution in [3.8, 4) is 5.75 Å². The van der Waals surface area contributed by atoms with Crippen LogP contribution in [0, 0.1) is 0 Å². The van der Waals surface area contributed by atoms with Crippen molar-refractivity contribution < 1.29 is 19.1 Å². The van der Waals surface area contributed by atoms with Crippen LogP contribution in [0.2, 0.25) is 5.02 Å². The molecule has 1 atom stereocenters. The van der Waals surface area contributed by atoms with Gasteiger partial charge in [-0.05, 0) is 35.4 Å². The Hall–Kier alpha value is -2.83. The zero-order valence-corrected chi connectivity index (χ0v) is 17.8. The minimum Gasteiger partial charge on any atom is -0.497 e. The van der Waals surface area contributed by atoms with Crippen molar-refractivity contribution in [3.05, 3.63) is 70.8 Å². The summed E-state index contributed by atoms with van der Waals surface area (Å²) < 4.78 is 10.2. The number of methoxy groups -OCH3 is 2. The molecular weight excluding hydrogens is 404 g/mol.